The van der Waals surface area contributed by atoms with Crippen LogP contribution in [0.5, 0.6) is 0 Å². The molecule has 2 aromatic rings. The molecule has 0 radical (unpaired) electrons. The molecule has 0 spiro atoms. The second-order valence-electron chi connectivity index (χ2n) is 5.53. The highest BCUT2D eigenvalue weighted by Crippen LogP contribution is 2.10. The van der Waals surface area contributed by atoms with E-state index >= 15 is 0 Å². The van der Waals surface area contributed by atoms with Gasteiger partial charge in [0.25, 0.3) is 0 Å². The van der Waals surface area contributed by atoms with Gasteiger partial charge in [0, 0.05) is 35.8 Å². The summed E-state index contributed by atoms with van der Waals surface area (Å²) in [5.41, 5.74) is 2.94. The lowest BCUT2D eigenvalue weighted by atomic mass is 10.2. The van der Waals surface area contributed by atoms with E-state index in [1.54, 1.807) is 6.07 Å². The Balaban J connectivity index is 2.28. The molecular formula is C17H22N2O. The zero-order valence-corrected chi connectivity index (χ0v) is 12.4. The highest BCUT2D eigenvalue weighted by atomic mass is 16.1. The first-order chi connectivity index (χ1) is 9.58. The summed E-state index contributed by atoms with van der Waals surface area (Å²) in [6.07, 6.45) is 1.94. The van der Waals surface area contributed by atoms with Crippen LogP contribution >= 0.6 is 0 Å². The number of pyridine rings is 1. The lowest BCUT2D eigenvalue weighted by molar-refractivity contribution is 0.550. The Morgan fingerprint density at radius 2 is 1.90 bits per heavy atom. The molecule has 1 aromatic carbocycles. The van der Waals surface area contributed by atoms with E-state index < -0.39 is 0 Å². The van der Waals surface area contributed by atoms with E-state index in [9.17, 15) is 4.79 Å². The average Bonchev–Trinajstić information content (AvgIpc) is 2.42. The molecule has 1 N–H and O–H groups in total. The van der Waals surface area contributed by atoms with Crippen molar-refractivity contribution < 1.29 is 0 Å². The van der Waals surface area contributed by atoms with Gasteiger partial charge in [-0.15, -0.1) is 0 Å². The van der Waals surface area contributed by atoms with Crippen molar-refractivity contribution in [1.29, 1.82) is 0 Å². The van der Waals surface area contributed by atoms with Gasteiger partial charge in [0.1, 0.15) is 0 Å². The van der Waals surface area contributed by atoms with E-state index in [4.69, 9.17) is 0 Å². The van der Waals surface area contributed by atoms with E-state index in [2.05, 4.69) is 23.7 Å². The van der Waals surface area contributed by atoms with E-state index in [-0.39, 0.29) is 5.43 Å². The van der Waals surface area contributed by atoms with Crippen LogP contribution in [-0.4, -0.2) is 11.1 Å². The van der Waals surface area contributed by atoms with Crippen molar-refractivity contribution >= 4 is 0 Å². The zero-order valence-electron chi connectivity index (χ0n) is 12.4. The molecule has 0 amide bonds. The fraction of sp³-hybridized carbons (Fsp3) is 0.353. The molecule has 106 valence electrons. The standard InChI is InChI=1S/C17H22N2O/c1-13(2)10-18-11-15-12-19(14(3)9-17(15)20)16-7-5-4-6-8-16/h4-9,12-13,18H,10-11H2,1-3H3. The SMILES string of the molecule is Cc1cc(=O)c(CNCC(C)C)cn1-c1ccccc1. The minimum atomic E-state index is 0.103. The predicted molar refractivity (Wildman–Crippen MR) is 83.3 cm³/mol. The molecule has 1 aromatic heterocycles. The maximum Gasteiger partial charge on any atom is 0.186 e. The largest absolute Gasteiger partial charge is 0.321 e. The third-order valence-corrected chi connectivity index (χ3v) is 3.22. The fourth-order valence-corrected chi connectivity index (χ4v) is 2.17. The predicted octanol–water partition coefficient (Wildman–Crippen LogP) is 2.89. The maximum absolute atomic E-state index is 12.0. The summed E-state index contributed by atoms with van der Waals surface area (Å²) in [7, 11) is 0. The van der Waals surface area contributed by atoms with Gasteiger partial charge in [-0.05, 0) is 31.5 Å². The van der Waals surface area contributed by atoms with Crippen molar-refractivity contribution in [3.05, 3.63) is 64.1 Å². The van der Waals surface area contributed by atoms with Gasteiger partial charge in [0.15, 0.2) is 5.43 Å². The Labute approximate surface area is 120 Å². The molecule has 1 heterocycles. The van der Waals surface area contributed by atoms with Crippen LogP contribution in [0.25, 0.3) is 5.69 Å². The van der Waals surface area contributed by atoms with Crippen LogP contribution in [-0.2, 0) is 6.54 Å². The Bertz CT molecular complexity index is 615. The molecule has 0 unspecified atom stereocenters. The van der Waals surface area contributed by atoms with Crippen molar-refractivity contribution in [3.63, 3.8) is 0 Å². The Morgan fingerprint density at radius 3 is 2.55 bits per heavy atom. The molecule has 0 atom stereocenters. The van der Waals surface area contributed by atoms with Gasteiger partial charge < -0.3 is 9.88 Å². The summed E-state index contributed by atoms with van der Waals surface area (Å²) in [6.45, 7) is 7.80. The molecule has 2 rings (SSSR count). The van der Waals surface area contributed by atoms with Crippen molar-refractivity contribution in [3.8, 4) is 5.69 Å². The van der Waals surface area contributed by atoms with Crippen LogP contribution in [0.1, 0.15) is 25.1 Å². The highest BCUT2D eigenvalue weighted by molar-refractivity contribution is 5.35. The Morgan fingerprint density at radius 1 is 1.20 bits per heavy atom. The van der Waals surface area contributed by atoms with Crippen molar-refractivity contribution in [2.24, 2.45) is 5.92 Å². The summed E-state index contributed by atoms with van der Waals surface area (Å²) in [4.78, 5) is 12.0. The topological polar surface area (TPSA) is 34.0 Å². The lowest BCUT2D eigenvalue weighted by Gasteiger charge is -2.13. The molecule has 0 fully saturated rings. The average molecular weight is 270 g/mol. The van der Waals surface area contributed by atoms with Gasteiger partial charge in [-0.2, -0.15) is 0 Å². The van der Waals surface area contributed by atoms with E-state index in [1.165, 1.54) is 0 Å². The number of hydrogen-bond acceptors (Lipinski definition) is 2. The summed E-state index contributed by atoms with van der Waals surface area (Å²) in [5, 5.41) is 3.33. The minimum Gasteiger partial charge on any atom is -0.321 e. The molecule has 0 saturated carbocycles. The van der Waals surface area contributed by atoms with Crippen LogP contribution in [0.15, 0.2) is 47.4 Å². The van der Waals surface area contributed by atoms with Gasteiger partial charge >= 0.3 is 0 Å². The molecule has 0 aliphatic heterocycles. The number of hydrogen-bond donors (Lipinski definition) is 1. The first-order valence-electron chi connectivity index (χ1n) is 7.06. The van der Waals surface area contributed by atoms with Crippen LogP contribution in [0.3, 0.4) is 0 Å². The molecule has 3 nitrogen and oxygen atoms in total. The molecule has 0 aliphatic carbocycles. The number of aryl methyl sites for hydroxylation is 1. The van der Waals surface area contributed by atoms with Crippen LogP contribution in [0, 0.1) is 12.8 Å². The molecule has 20 heavy (non-hydrogen) atoms. The summed E-state index contributed by atoms with van der Waals surface area (Å²) in [6, 6.07) is 11.8. The number of nitrogens with one attached hydrogen (secondary N) is 1. The number of aromatic nitrogens is 1. The number of benzene rings is 1. The molecule has 3 heteroatoms. The first kappa shape index (κ1) is 14.5. The third-order valence-electron chi connectivity index (χ3n) is 3.22. The quantitative estimate of drug-likeness (QED) is 0.906. The van der Waals surface area contributed by atoms with Gasteiger partial charge in [0.2, 0.25) is 0 Å². The van der Waals surface area contributed by atoms with Gasteiger partial charge in [-0.3, -0.25) is 4.79 Å². The summed E-state index contributed by atoms with van der Waals surface area (Å²) < 4.78 is 2.06. The fourth-order valence-electron chi connectivity index (χ4n) is 2.17. The van der Waals surface area contributed by atoms with Crippen molar-refractivity contribution in [2.75, 3.05) is 6.54 Å². The smallest absolute Gasteiger partial charge is 0.186 e. The van der Waals surface area contributed by atoms with Gasteiger partial charge in [-0.1, -0.05) is 32.0 Å². The van der Waals surface area contributed by atoms with E-state index in [1.807, 2.05) is 43.5 Å². The van der Waals surface area contributed by atoms with Crippen LogP contribution in [0.2, 0.25) is 0 Å². The highest BCUT2D eigenvalue weighted by Gasteiger charge is 2.05. The number of para-hydroxylation sites is 1. The zero-order chi connectivity index (χ0) is 14.5. The van der Waals surface area contributed by atoms with Gasteiger partial charge in [-0.25, -0.2) is 0 Å². The van der Waals surface area contributed by atoms with Crippen LogP contribution < -0.4 is 10.7 Å². The molecule has 0 saturated heterocycles. The van der Waals surface area contributed by atoms with Crippen molar-refractivity contribution in [1.82, 2.24) is 9.88 Å². The first-order valence-corrected chi connectivity index (χ1v) is 7.06. The van der Waals surface area contributed by atoms with E-state index in [0.29, 0.717) is 12.5 Å². The molecule has 0 aliphatic rings. The normalized spacial score (nSPS) is 11.0. The maximum atomic E-state index is 12.0. The van der Waals surface area contributed by atoms with Crippen molar-refractivity contribution in [2.45, 2.75) is 27.3 Å². The Kier molecular flexibility index (Phi) is 4.74. The molecule has 0 bridgehead atoms. The number of rotatable bonds is 5. The molecular weight excluding hydrogens is 248 g/mol. The van der Waals surface area contributed by atoms with E-state index in [0.717, 1.165) is 23.5 Å². The third kappa shape index (κ3) is 3.58. The number of nitrogens with zero attached hydrogens (tertiary/aromatic N) is 1. The van der Waals surface area contributed by atoms with Gasteiger partial charge in [0.05, 0.1) is 0 Å². The summed E-state index contributed by atoms with van der Waals surface area (Å²) >= 11 is 0. The summed E-state index contributed by atoms with van der Waals surface area (Å²) in [5.74, 6) is 0.580. The second kappa shape index (κ2) is 6.53. The second-order valence-corrected chi connectivity index (χ2v) is 5.53. The minimum absolute atomic E-state index is 0.103. The van der Waals surface area contributed by atoms with Crippen LogP contribution in [0.4, 0.5) is 0 Å². The lowest BCUT2D eigenvalue weighted by Crippen LogP contribution is -2.24. The monoisotopic (exact) mass is 270 g/mol. The Hall–Kier alpha value is -1.87.